The first-order chi connectivity index (χ1) is 7.68. The van der Waals surface area contributed by atoms with Crippen LogP contribution in [0.3, 0.4) is 0 Å². The highest BCUT2D eigenvalue weighted by atomic mass is 79.9. The Balaban J connectivity index is 2.19. The van der Waals surface area contributed by atoms with Gasteiger partial charge in [-0.25, -0.2) is 0 Å². The van der Waals surface area contributed by atoms with Crippen LogP contribution in [0.5, 0.6) is 0 Å². The van der Waals surface area contributed by atoms with E-state index in [4.69, 9.17) is 0 Å². The summed E-state index contributed by atoms with van der Waals surface area (Å²) >= 11 is 3.48. The Morgan fingerprint density at radius 2 is 2.00 bits per heavy atom. The number of anilines is 1. The van der Waals surface area contributed by atoms with E-state index < -0.39 is 0 Å². The van der Waals surface area contributed by atoms with E-state index in [-0.39, 0.29) is 0 Å². The minimum absolute atomic E-state index is 0.606. The molecular formula is C13H19BrN2. The van der Waals surface area contributed by atoms with E-state index in [2.05, 4.69) is 64.3 Å². The molecule has 1 aromatic carbocycles. The van der Waals surface area contributed by atoms with Crippen LogP contribution >= 0.6 is 15.9 Å². The number of halogens is 1. The lowest BCUT2D eigenvalue weighted by Crippen LogP contribution is -2.53. The average Bonchev–Trinajstić information content (AvgIpc) is 2.30. The summed E-state index contributed by atoms with van der Waals surface area (Å²) in [5, 5.41) is 3.48. The first-order valence-electron chi connectivity index (χ1n) is 5.91. The van der Waals surface area contributed by atoms with Crippen molar-refractivity contribution in [3.8, 4) is 0 Å². The van der Waals surface area contributed by atoms with E-state index in [9.17, 15) is 0 Å². The zero-order valence-electron chi connectivity index (χ0n) is 9.91. The second kappa shape index (κ2) is 5.19. The fourth-order valence-corrected chi connectivity index (χ4v) is 2.54. The van der Waals surface area contributed by atoms with Crippen molar-refractivity contribution >= 4 is 21.6 Å². The Kier molecular flexibility index (Phi) is 3.87. The van der Waals surface area contributed by atoms with Crippen LogP contribution in [0.25, 0.3) is 0 Å². The summed E-state index contributed by atoms with van der Waals surface area (Å²) in [6.45, 7) is 7.87. The molecule has 2 rings (SSSR count). The van der Waals surface area contributed by atoms with Crippen molar-refractivity contribution in [1.82, 2.24) is 5.32 Å². The quantitative estimate of drug-likeness (QED) is 0.898. The molecule has 16 heavy (non-hydrogen) atoms. The third kappa shape index (κ3) is 2.58. The molecule has 1 aromatic rings. The molecule has 1 aliphatic rings. The third-order valence-electron chi connectivity index (χ3n) is 3.21. The largest absolute Gasteiger partial charge is 0.366 e. The first-order valence-corrected chi connectivity index (χ1v) is 6.70. The van der Waals surface area contributed by atoms with Crippen LogP contribution in [0, 0.1) is 5.92 Å². The van der Waals surface area contributed by atoms with Gasteiger partial charge in [0.1, 0.15) is 0 Å². The molecule has 2 nitrogen and oxygen atoms in total. The standard InChI is InChI=1S/C13H19BrN2/c1-10(2)13-9-15-7-8-16(13)12-5-3-11(14)4-6-12/h3-6,10,13,15H,7-9H2,1-2H3. The minimum atomic E-state index is 0.606. The maximum Gasteiger partial charge on any atom is 0.0437 e. The zero-order valence-corrected chi connectivity index (χ0v) is 11.5. The normalized spacial score (nSPS) is 21.5. The van der Waals surface area contributed by atoms with Gasteiger partial charge in [-0.3, -0.25) is 0 Å². The van der Waals surface area contributed by atoms with Gasteiger partial charge in [0, 0.05) is 35.8 Å². The van der Waals surface area contributed by atoms with E-state index >= 15 is 0 Å². The Bertz CT molecular complexity index is 334. The summed E-state index contributed by atoms with van der Waals surface area (Å²) in [7, 11) is 0. The number of rotatable bonds is 2. The van der Waals surface area contributed by atoms with Gasteiger partial charge in [0.05, 0.1) is 0 Å². The van der Waals surface area contributed by atoms with Crippen molar-refractivity contribution in [3.05, 3.63) is 28.7 Å². The molecule has 3 heteroatoms. The molecule has 0 amide bonds. The van der Waals surface area contributed by atoms with Crippen molar-refractivity contribution in [2.75, 3.05) is 24.5 Å². The van der Waals surface area contributed by atoms with Crippen molar-refractivity contribution in [1.29, 1.82) is 0 Å². The molecule has 0 spiro atoms. The van der Waals surface area contributed by atoms with Gasteiger partial charge >= 0.3 is 0 Å². The Labute approximate surface area is 106 Å². The molecule has 0 bridgehead atoms. The van der Waals surface area contributed by atoms with Gasteiger partial charge in [-0.2, -0.15) is 0 Å². The fourth-order valence-electron chi connectivity index (χ4n) is 2.27. The van der Waals surface area contributed by atoms with Gasteiger partial charge in [0.15, 0.2) is 0 Å². The highest BCUT2D eigenvalue weighted by Crippen LogP contribution is 2.24. The SMILES string of the molecule is CC(C)C1CNCCN1c1ccc(Br)cc1. The van der Waals surface area contributed by atoms with Gasteiger partial charge in [-0.1, -0.05) is 29.8 Å². The lowest BCUT2D eigenvalue weighted by molar-refractivity contribution is 0.390. The molecule has 1 N–H and O–H groups in total. The Morgan fingerprint density at radius 1 is 1.31 bits per heavy atom. The zero-order chi connectivity index (χ0) is 11.5. The summed E-state index contributed by atoms with van der Waals surface area (Å²) in [5.74, 6) is 0.677. The highest BCUT2D eigenvalue weighted by Gasteiger charge is 2.24. The van der Waals surface area contributed by atoms with Crippen LogP contribution in [0.4, 0.5) is 5.69 Å². The molecule has 0 aromatic heterocycles. The second-order valence-corrected chi connectivity index (χ2v) is 5.60. The molecule has 0 aliphatic carbocycles. The van der Waals surface area contributed by atoms with Crippen LogP contribution in [0.15, 0.2) is 28.7 Å². The van der Waals surface area contributed by atoms with Crippen molar-refractivity contribution in [2.24, 2.45) is 5.92 Å². The van der Waals surface area contributed by atoms with E-state index in [1.54, 1.807) is 0 Å². The van der Waals surface area contributed by atoms with Crippen LogP contribution in [0.2, 0.25) is 0 Å². The van der Waals surface area contributed by atoms with Crippen molar-refractivity contribution in [2.45, 2.75) is 19.9 Å². The average molecular weight is 283 g/mol. The van der Waals surface area contributed by atoms with Crippen molar-refractivity contribution in [3.63, 3.8) is 0 Å². The number of piperazine rings is 1. The molecule has 1 aliphatic heterocycles. The van der Waals surface area contributed by atoms with Gasteiger partial charge < -0.3 is 10.2 Å². The maximum atomic E-state index is 3.48. The summed E-state index contributed by atoms with van der Waals surface area (Å²) < 4.78 is 1.15. The topological polar surface area (TPSA) is 15.3 Å². The number of nitrogens with zero attached hydrogens (tertiary/aromatic N) is 1. The van der Waals surface area contributed by atoms with Crippen LogP contribution < -0.4 is 10.2 Å². The smallest absolute Gasteiger partial charge is 0.0437 e. The Hall–Kier alpha value is -0.540. The molecule has 1 unspecified atom stereocenters. The van der Waals surface area contributed by atoms with E-state index in [1.165, 1.54) is 5.69 Å². The summed E-state index contributed by atoms with van der Waals surface area (Å²) in [5.41, 5.74) is 1.34. The summed E-state index contributed by atoms with van der Waals surface area (Å²) in [4.78, 5) is 2.52. The summed E-state index contributed by atoms with van der Waals surface area (Å²) in [6, 6.07) is 9.24. The third-order valence-corrected chi connectivity index (χ3v) is 3.74. The molecule has 1 heterocycles. The van der Waals surface area contributed by atoms with Gasteiger partial charge in [-0.15, -0.1) is 0 Å². The number of benzene rings is 1. The van der Waals surface area contributed by atoms with Crippen LogP contribution in [-0.2, 0) is 0 Å². The van der Waals surface area contributed by atoms with Gasteiger partial charge in [0.2, 0.25) is 0 Å². The predicted molar refractivity (Wildman–Crippen MR) is 73.0 cm³/mol. The predicted octanol–water partition coefficient (Wildman–Crippen LogP) is 2.88. The van der Waals surface area contributed by atoms with Crippen LogP contribution in [-0.4, -0.2) is 25.7 Å². The van der Waals surface area contributed by atoms with Gasteiger partial charge in [0.25, 0.3) is 0 Å². The first kappa shape index (κ1) is 11.9. The summed E-state index contributed by atoms with van der Waals surface area (Å²) in [6.07, 6.45) is 0. The number of hydrogen-bond acceptors (Lipinski definition) is 2. The lowest BCUT2D eigenvalue weighted by atomic mass is 10.00. The van der Waals surface area contributed by atoms with E-state index in [0.717, 1.165) is 24.1 Å². The minimum Gasteiger partial charge on any atom is -0.366 e. The maximum absolute atomic E-state index is 3.48. The van der Waals surface area contributed by atoms with Gasteiger partial charge in [-0.05, 0) is 30.2 Å². The van der Waals surface area contributed by atoms with Crippen LogP contribution in [0.1, 0.15) is 13.8 Å². The number of nitrogens with one attached hydrogen (secondary N) is 1. The molecule has 1 saturated heterocycles. The molecule has 0 radical (unpaired) electrons. The molecular weight excluding hydrogens is 264 g/mol. The molecule has 1 fully saturated rings. The monoisotopic (exact) mass is 282 g/mol. The highest BCUT2D eigenvalue weighted by molar-refractivity contribution is 9.10. The van der Waals surface area contributed by atoms with Crippen molar-refractivity contribution < 1.29 is 0 Å². The Morgan fingerprint density at radius 3 is 2.62 bits per heavy atom. The second-order valence-electron chi connectivity index (χ2n) is 4.69. The molecule has 88 valence electrons. The molecule has 1 atom stereocenters. The number of hydrogen-bond donors (Lipinski definition) is 1. The fraction of sp³-hybridized carbons (Fsp3) is 0.538. The van der Waals surface area contributed by atoms with E-state index in [1.807, 2.05) is 0 Å². The molecule has 0 saturated carbocycles. The lowest BCUT2D eigenvalue weighted by Gasteiger charge is -2.40. The van der Waals surface area contributed by atoms with E-state index in [0.29, 0.717) is 12.0 Å².